The highest BCUT2D eigenvalue weighted by Gasteiger charge is 2.15. The lowest BCUT2D eigenvalue weighted by atomic mass is 10.1. The molecule has 1 aromatic rings. The minimum Gasteiger partial charge on any atom is -0.381 e. The van der Waals surface area contributed by atoms with Crippen molar-refractivity contribution in [1.29, 1.82) is 0 Å². The Morgan fingerprint density at radius 1 is 1.42 bits per heavy atom. The van der Waals surface area contributed by atoms with Gasteiger partial charge in [-0.05, 0) is 25.2 Å². The van der Waals surface area contributed by atoms with Gasteiger partial charge in [-0.3, -0.25) is 0 Å². The zero-order valence-electron chi connectivity index (χ0n) is 12.1. The molecule has 5 nitrogen and oxygen atoms in total. The van der Waals surface area contributed by atoms with E-state index in [1.807, 2.05) is 25.1 Å². The Morgan fingerprint density at radius 2 is 2.26 bits per heavy atom. The summed E-state index contributed by atoms with van der Waals surface area (Å²) in [7, 11) is 3.93. The van der Waals surface area contributed by atoms with Crippen molar-refractivity contribution >= 4 is 11.8 Å². The molecule has 0 aliphatic carbocycles. The molecule has 0 saturated carbocycles. The van der Waals surface area contributed by atoms with Crippen LogP contribution in [-0.2, 0) is 11.2 Å². The van der Waals surface area contributed by atoms with E-state index in [2.05, 4.69) is 22.2 Å². The Balaban J connectivity index is 1.92. The maximum absolute atomic E-state index is 5.39. The van der Waals surface area contributed by atoms with Crippen molar-refractivity contribution in [2.75, 3.05) is 44.1 Å². The second-order valence-electron chi connectivity index (χ2n) is 5.24. The Bertz CT molecular complexity index is 402. The molecule has 1 aromatic heterocycles. The van der Waals surface area contributed by atoms with Gasteiger partial charge >= 0.3 is 0 Å². The van der Waals surface area contributed by atoms with Crippen molar-refractivity contribution in [3.05, 3.63) is 11.8 Å². The fraction of sp³-hybridized carbons (Fsp3) is 0.714. The summed E-state index contributed by atoms with van der Waals surface area (Å²) in [5.41, 5.74) is 1.07. The highest BCUT2D eigenvalue weighted by molar-refractivity contribution is 5.43. The number of nitrogens with one attached hydrogen (secondary N) is 1. The van der Waals surface area contributed by atoms with E-state index in [-0.39, 0.29) is 0 Å². The third kappa shape index (κ3) is 4.06. The number of hydrogen-bond donors (Lipinski definition) is 1. The molecule has 0 bridgehead atoms. The van der Waals surface area contributed by atoms with Crippen LogP contribution in [0.2, 0.25) is 0 Å². The van der Waals surface area contributed by atoms with Gasteiger partial charge < -0.3 is 15.0 Å². The van der Waals surface area contributed by atoms with Crippen LogP contribution in [0.15, 0.2) is 6.07 Å². The number of nitrogens with zero attached hydrogens (tertiary/aromatic N) is 3. The van der Waals surface area contributed by atoms with Crippen LogP contribution in [0, 0.1) is 5.92 Å². The van der Waals surface area contributed by atoms with E-state index in [0.717, 1.165) is 50.1 Å². The SMILES string of the molecule is CCc1cc(NCCC2CCOC2)nc(N(C)C)n1. The summed E-state index contributed by atoms with van der Waals surface area (Å²) in [5.74, 6) is 2.40. The third-order valence-electron chi connectivity index (χ3n) is 3.41. The topological polar surface area (TPSA) is 50.3 Å². The Hall–Kier alpha value is -1.36. The molecule has 1 fully saturated rings. The number of hydrogen-bond acceptors (Lipinski definition) is 5. The largest absolute Gasteiger partial charge is 0.381 e. The van der Waals surface area contributed by atoms with Gasteiger partial charge in [-0.1, -0.05) is 6.92 Å². The Labute approximate surface area is 115 Å². The summed E-state index contributed by atoms with van der Waals surface area (Å²) >= 11 is 0. The number of rotatable bonds is 6. The van der Waals surface area contributed by atoms with Crippen LogP contribution in [0.3, 0.4) is 0 Å². The molecular formula is C14H24N4O. The molecule has 106 valence electrons. The number of anilines is 2. The molecule has 1 aliphatic rings. The fourth-order valence-electron chi connectivity index (χ4n) is 2.17. The molecule has 1 N–H and O–H groups in total. The number of aromatic nitrogens is 2. The summed E-state index contributed by atoms with van der Waals surface area (Å²) in [6.45, 7) is 4.89. The molecule has 2 heterocycles. The monoisotopic (exact) mass is 264 g/mol. The summed E-state index contributed by atoms with van der Waals surface area (Å²) in [4.78, 5) is 10.9. The van der Waals surface area contributed by atoms with Crippen molar-refractivity contribution in [3.8, 4) is 0 Å². The predicted molar refractivity (Wildman–Crippen MR) is 77.8 cm³/mol. The first-order valence-corrected chi connectivity index (χ1v) is 7.06. The predicted octanol–water partition coefficient (Wildman–Crippen LogP) is 1.94. The number of aryl methyl sites for hydroxylation is 1. The van der Waals surface area contributed by atoms with Gasteiger partial charge in [0.05, 0.1) is 0 Å². The maximum Gasteiger partial charge on any atom is 0.226 e. The number of ether oxygens (including phenoxy) is 1. The molecule has 5 heteroatoms. The maximum atomic E-state index is 5.39. The Kier molecular flexibility index (Phi) is 4.96. The van der Waals surface area contributed by atoms with Crippen LogP contribution in [-0.4, -0.2) is 43.8 Å². The second kappa shape index (κ2) is 6.70. The van der Waals surface area contributed by atoms with Gasteiger partial charge in [0.15, 0.2) is 0 Å². The molecule has 1 aliphatic heterocycles. The van der Waals surface area contributed by atoms with E-state index < -0.39 is 0 Å². The quantitative estimate of drug-likeness (QED) is 0.851. The first-order chi connectivity index (χ1) is 9.19. The lowest BCUT2D eigenvalue weighted by Gasteiger charge is -2.14. The normalized spacial score (nSPS) is 18.6. The van der Waals surface area contributed by atoms with Gasteiger partial charge in [0.2, 0.25) is 5.95 Å². The van der Waals surface area contributed by atoms with Crippen molar-refractivity contribution in [1.82, 2.24) is 9.97 Å². The van der Waals surface area contributed by atoms with Gasteiger partial charge in [0.1, 0.15) is 5.82 Å². The van der Waals surface area contributed by atoms with Gasteiger partial charge in [-0.25, -0.2) is 4.98 Å². The summed E-state index contributed by atoms with van der Waals surface area (Å²) < 4.78 is 5.39. The molecule has 0 aromatic carbocycles. The molecule has 19 heavy (non-hydrogen) atoms. The van der Waals surface area contributed by atoms with Crippen LogP contribution in [0.4, 0.5) is 11.8 Å². The molecular weight excluding hydrogens is 240 g/mol. The Morgan fingerprint density at radius 3 is 2.89 bits per heavy atom. The smallest absolute Gasteiger partial charge is 0.226 e. The van der Waals surface area contributed by atoms with Crippen LogP contribution in [0.1, 0.15) is 25.5 Å². The zero-order valence-corrected chi connectivity index (χ0v) is 12.1. The van der Waals surface area contributed by atoms with Crippen molar-refractivity contribution in [2.45, 2.75) is 26.2 Å². The molecule has 0 spiro atoms. The molecule has 1 atom stereocenters. The molecule has 0 radical (unpaired) electrons. The highest BCUT2D eigenvalue weighted by Crippen LogP contribution is 2.17. The first-order valence-electron chi connectivity index (χ1n) is 7.06. The minimum atomic E-state index is 0.702. The summed E-state index contributed by atoms with van der Waals surface area (Å²) in [5, 5.41) is 3.41. The van der Waals surface area contributed by atoms with Crippen LogP contribution in [0.25, 0.3) is 0 Å². The van der Waals surface area contributed by atoms with Crippen LogP contribution in [0.5, 0.6) is 0 Å². The van der Waals surface area contributed by atoms with E-state index in [1.165, 1.54) is 6.42 Å². The molecule has 1 unspecified atom stereocenters. The molecule has 0 amide bonds. The minimum absolute atomic E-state index is 0.702. The van der Waals surface area contributed by atoms with Crippen LogP contribution >= 0.6 is 0 Å². The second-order valence-corrected chi connectivity index (χ2v) is 5.24. The average molecular weight is 264 g/mol. The molecule has 1 saturated heterocycles. The summed E-state index contributed by atoms with van der Waals surface area (Å²) in [6, 6.07) is 2.04. The van der Waals surface area contributed by atoms with E-state index in [1.54, 1.807) is 0 Å². The first kappa shape index (κ1) is 14.1. The van der Waals surface area contributed by atoms with E-state index >= 15 is 0 Å². The van der Waals surface area contributed by atoms with Gasteiger partial charge in [0.25, 0.3) is 0 Å². The van der Waals surface area contributed by atoms with Gasteiger partial charge in [-0.2, -0.15) is 4.98 Å². The third-order valence-corrected chi connectivity index (χ3v) is 3.41. The van der Waals surface area contributed by atoms with Crippen LogP contribution < -0.4 is 10.2 Å². The lowest BCUT2D eigenvalue weighted by Crippen LogP contribution is -2.16. The van der Waals surface area contributed by atoms with E-state index in [9.17, 15) is 0 Å². The zero-order chi connectivity index (χ0) is 13.7. The standard InChI is InChI=1S/C14H24N4O/c1-4-12-9-13(17-14(16-12)18(2)3)15-7-5-11-6-8-19-10-11/h9,11H,4-8,10H2,1-3H3,(H,15,16,17). The highest BCUT2D eigenvalue weighted by atomic mass is 16.5. The molecule has 2 rings (SSSR count). The summed E-state index contributed by atoms with van der Waals surface area (Å²) in [6.07, 6.45) is 3.26. The lowest BCUT2D eigenvalue weighted by molar-refractivity contribution is 0.185. The van der Waals surface area contributed by atoms with Gasteiger partial charge in [-0.15, -0.1) is 0 Å². The van der Waals surface area contributed by atoms with Crippen molar-refractivity contribution in [2.24, 2.45) is 5.92 Å². The average Bonchev–Trinajstić information content (AvgIpc) is 2.91. The van der Waals surface area contributed by atoms with E-state index in [4.69, 9.17) is 4.74 Å². The van der Waals surface area contributed by atoms with Crippen molar-refractivity contribution in [3.63, 3.8) is 0 Å². The van der Waals surface area contributed by atoms with E-state index in [0.29, 0.717) is 5.92 Å². The van der Waals surface area contributed by atoms with Crippen molar-refractivity contribution < 1.29 is 4.74 Å². The van der Waals surface area contributed by atoms with Gasteiger partial charge in [0, 0.05) is 45.6 Å². The fourth-order valence-corrected chi connectivity index (χ4v) is 2.17.